The van der Waals surface area contributed by atoms with Gasteiger partial charge in [-0.15, -0.1) is 0 Å². The van der Waals surface area contributed by atoms with Crippen LogP contribution in [-0.2, 0) is 0 Å². The van der Waals surface area contributed by atoms with Crippen LogP contribution in [0.25, 0.3) is 0 Å². The smallest absolute Gasteiger partial charge is 0.276 e. The van der Waals surface area contributed by atoms with Crippen molar-refractivity contribution in [1.29, 1.82) is 0 Å². The predicted octanol–water partition coefficient (Wildman–Crippen LogP) is 1.54. The molecule has 0 saturated carbocycles. The van der Waals surface area contributed by atoms with Gasteiger partial charge in [0.05, 0.1) is 23.3 Å². The highest BCUT2D eigenvalue weighted by Gasteiger charge is 2.19. The number of carbonyl (C=O) groups excluding carboxylic acids is 2. The van der Waals surface area contributed by atoms with Crippen molar-refractivity contribution < 1.29 is 19.5 Å². The zero-order valence-corrected chi connectivity index (χ0v) is 14.2. The first-order valence-corrected chi connectivity index (χ1v) is 7.68. The molecular formula is C15H22ClN3O4. The molecule has 3 N–H and O–H groups in total. The Kier molecular flexibility index (Phi) is 7.80. The van der Waals surface area contributed by atoms with Crippen LogP contribution in [0.3, 0.4) is 0 Å². The average Bonchev–Trinajstić information content (AvgIpc) is 2.57. The molecule has 0 spiro atoms. The van der Waals surface area contributed by atoms with Crippen LogP contribution in [0.2, 0.25) is 5.02 Å². The Labute approximate surface area is 140 Å². The number of halogens is 1. The lowest BCUT2D eigenvalue weighted by molar-refractivity contribution is 0.0705. The molecule has 0 saturated heterocycles. The molecule has 0 aliphatic rings. The number of amides is 2. The first-order valence-electron chi connectivity index (χ1n) is 7.30. The largest absolute Gasteiger partial charge is 0.496 e. The Morgan fingerprint density at radius 1 is 1.22 bits per heavy atom. The third-order valence-corrected chi connectivity index (χ3v) is 3.80. The Morgan fingerprint density at radius 3 is 2.39 bits per heavy atom. The monoisotopic (exact) mass is 343 g/mol. The topological polar surface area (TPSA) is 90.9 Å². The van der Waals surface area contributed by atoms with E-state index in [1.54, 1.807) is 0 Å². The van der Waals surface area contributed by atoms with Gasteiger partial charge in [0.1, 0.15) is 5.75 Å². The summed E-state index contributed by atoms with van der Waals surface area (Å²) in [6, 6.07) is 2.66. The summed E-state index contributed by atoms with van der Waals surface area (Å²) in [6.07, 6.45) is 0. The maximum absolute atomic E-state index is 12.3. The van der Waals surface area contributed by atoms with E-state index < -0.39 is 5.91 Å². The fourth-order valence-electron chi connectivity index (χ4n) is 2.10. The molecule has 0 aliphatic heterocycles. The van der Waals surface area contributed by atoms with Gasteiger partial charge in [-0.1, -0.05) is 25.4 Å². The molecule has 1 aromatic carbocycles. The molecule has 0 radical (unpaired) electrons. The minimum absolute atomic E-state index is 0.0192. The van der Waals surface area contributed by atoms with E-state index in [9.17, 15) is 9.59 Å². The third-order valence-electron chi connectivity index (χ3n) is 3.49. The second kappa shape index (κ2) is 9.34. The molecule has 1 aromatic rings. The second-order valence-electron chi connectivity index (χ2n) is 4.76. The number of hydrogen-bond acceptors (Lipinski definition) is 5. The summed E-state index contributed by atoms with van der Waals surface area (Å²) in [7, 11) is 1.39. The molecular weight excluding hydrogens is 322 g/mol. The Hall–Kier alpha value is -1.83. The van der Waals surface area contributed by atoms with Crippen molar-refractivity contribution in [2.75, 3.05) is 33.3 Å². The van der Waals surface area contributed by atoms with Crippen molar-refractivity contribution in [3.05, 3.63) is 28.3 Å². The summed E-state index contributed by atoms with van der Waals surface area (Å²) in [5, 5.41) is 11.5. The van der Waals surface area contributed by atoms with Gasteiger partial charge in [-0.25, -0.2) is 5.48 Å². The predicted molar refractivity (Wildman–Crippen MR) is 87.4 cm³/mol. The molecule has 0 aliphatic carbocycles. The summed E-state index contributed by atoms with van der Waals surface area (Å²) in [5.74, 6) is -0.915. The van der Waals surface area contributed by atoms with E-state index >= 15 is 0 Å². The minimum atomic E-state index is -0.776. The molecule has 0 unspecified atom stereocenters. The molecule has 23 heavy (non-hydrogen) atoms. The van der Waals surface area contributed by atoms with Gasteiger partial charge >= 0.3 is 0 Å². The van der Waals surface area contributed by atoms with Crippen LogP contribution in [-0.4, -0.2) is 55.2 Å². The Morgan fingerprint density at radius 2 is 1.87 bits per heavy atom. The molecule has 1 rings (SSSR count). The number of nitrogens with one attached hydrogen (secondary N) is 2. The first kappa shape index (κ1) is 19.2. The van der Waals surface area contributed by atoms with E-state index in [-0.39, 0.29) is 27.8 Å². The molecule has 128 valence electrons. The maximum atomic E-state index is 12.3. The van der Waals surface area contributed by atoms with Crippen LogP contribution in [0.15, 0.2) is 12.1 Å². The summed E-state index contributed by atoms with van der Waals surface area (Å²) in [5.41, 5.74) is 1.74. The molecule has 0 fully saturated rings. The van der Waals surface area contributed by atoms with Crippen molar-refractivity contribution in [1.82, 2.24) is 15.7 Å². The summed E-state index contributed by atoms with van der Waals surface area (Å²) >= 11 is 5.99. The van der Waals surface area contributed by atoms with Gasteiger partial charge in [0, 0.05) is 13.1 Å². The van der Waals surface area contributed by atoms with Crippen molar-refractivity contribution >= 4 is 23.4 Å². The summed E-state index contributed by atoms with van der Waals surface area (Å²) < 4.78 is 5.14. The number of ether oxygens (including phenoxy) is 1. The Bertz CT molecular complexity index is 562. The van der Waals surface area contributed by atoms with Gasteiger partial charge < -0.3 is 15.0 Å². The minimum Gasteiger partial charge on any atom is -0.496 e. The van der Waals surface area contributed by atoms with Gasteiger partial charge in [0.25, 0.3) is 11.8 Å². The number of carbonyl (C=O) groups is 2. The highest BCUT2D eigenvalue weighted by atomic mass is 35.5. The van der Waals surface area contributed by atoms with Crippen molar-refractivity contribution in [2.24, 2.45) is 0 Å². The highest BCUT2D eigenvalue weighted by Crippen LogP contribution is 2.27. The highest BCUT2D eigenvalue weighted by molar-refractivity contribution is 6.34. The van der Waals surface area contributed by atoms with E-state index in [1.807, 2.05) is 0 Å². The lowest BCUT2D eigenvalue weighted by atomic mass is 10.1. The fraction of sp³-hybridized carbons (Fsp3) is 0.467. The van der Waals surface area contributed by atoms with Crippen LogP contribution in [0, 0.1) is 0 Å². The molecule has 0 aromatic heterocycles. The van der Waals surface area contributed by atoms with Crippen LogP contribution >= 0.6 is 11.6 Å². The second-order valence-corrected chi connectivity index (χ2v) is 5.16. The average molecular weight is 344 g/mol. The summed E-state index contributed by atoms with van der Waals surface area (Å²) in [4.78, 5) is 25.9. The number of hydrogen-bond donors (Lipinski definition) is 3. The van der Waals surface area contributed by atoms with E-state index in [2.05, 4.69) is 24.1 Å². The quantitative estimate of drug-likeness (QED) is 0.492. The lowest BCUT2D eigenvalue weighted by Crippen LogP contribution is -2.35. The maximum Gasteiger partial charge on any atom is 0.276 e. The number of nitrogens with zero attached hydrogens (tertiary/aromatic N) is 1. The van der Waals surface area contributed by atoms with Crippen molar-refractivity contribution in [2.45, 2.75) is 13.8 Å². The SMILES string of the molecule is CCN(CC)CCNC(=O)c1cc(Cl)c(C(=O)NO)cc1OC. The zero-order chi connectivity index (χ0) is 17.4. The molecule has 2 amide bonds. The van der Waals surface area contributed by atoms with Gasteiger partial charge in [-0.3, -0.25) is 14.8 Å². The normalized spacial score (nSPS) is 10.5. The number of hydroxylamine groups is 1. The van der Waals surface area contributed by atoms with E-state index in [4.69, 9.17) is 21.5 Å². The fourth-order valence-corrected chi connectivity index (χ4v) is 2.35. The number of methoxy groups -OCH3 is 1. The van der Waals surface area contributed by atoms with Crippen LogP contribution < -0.4 is 15.5 Å². The van der Waals surface area contributed by atoms with Crippen molar-refractivity contribution in [3.8, 4) is 5.75 Å². The van der Waals surface area contributed by atoms with E-state index in [0.717, 1.165) is 19.6 Å². The first-order chi connectivity index (χ1) is 11.0. The third kappa shape index (κ3) is 5.09. The molecule has 0 atom stereocenters. The number of benzene rings is 1. The van der Waals surface area contributed by atoms with Crippen LogP contribution in [0.1, 0.15) is 34.6 Å². The molecule has 8 heteroatoms. The molecule has 7 nitrogen and oxygen atoms in total. The van der Waals surface area contributed by atoms with Crippen molar-refractivity contribution in [3.63, 3.8) is 0 Å². The van der Waals surface area contributed by atoms with Gasteiger partial charge in [0.2, 0.25) is 0 Å². The van der Waals surface area contributed by atoms with E-state index in [1.165, 1.54) is 24.7 Å². The Balaban J connectivity index is 2.88. The van der Waals surface area contributed by atoms with Crippen LogP contribution in [0.5, 0.6) is 5.75 Å². The lowest BCUT2D eigenvalue weighted by Gasteiger charge is -2.18. The number of rotatable bonds is 8. The van der Waals surface area contributed by atoms with Gasteiger partial charge in [-0.2, -0.15) is 0 Å². The standard InChI is InChI=1S/C15H22ClN3O4/c1-4-19(5-2)7-6-17-14(20)11-8-12(16)10(15(21)18-22)9-13(11)23-3/h8-9,22H,4-7H2,1-3H3,(H,17,20)(H,18,21). The zero-order valence-electron chi connectivity index (χ0n) is 13.5. The van der Waals surface area contributed by atoms with E-state index in [0.29, 0.717) is 6.54 Å². The van der Waals surface area contributed by atoms with Gasteiger partial charge in [-0.05, 0) is 25.2 Å². The molecule has 0 heterocycles. The summed E-state index contributed by atoms with van der Waals surface area (Å²) in [6.45, 7) is 7.15. The van der Waals surface area contributed by atoms with Gasteiger partial charge in [0.15, 0.2) is 0 Å². The van der Waals surface area contributed by atoms with Crippen LogP contribution in [0.4, 0.5) is 0 Å². The number of likely N-dealkylation sites (N-methyl/N-ethyl adjacent to an activating group) is 1. The molecule has 0 bridgehead atoms.